The second kappa shape index (κ2) is 6.33. The van der Waals surface area contributed by atoms with Crippen molar-refractivity contribution in [3.05, 3.63) is 11.8 Å². The lowest BCUT2D eigenvalue weighted by Gasteiger charge is -2.32. The van der Waals surface area contributed by atoms with E-state index in [0.29, 0.717) is 24.5 Å². The smallest absolute Gasteiger partial charge is 0.226 e. The molecular weight excluding hydrogens is 248 g/mol. The van der Waals surface area contributed by atoms with Crippen molar-refractivity contribution >= 4 is 18.1 Å². The van der Waals surface area contributed by atoms with Crippen LogP contribution in [0.25, 0.3) is 0 Å². The van der Waals surface area contributed by atoms with E-state index in [2.05, 4.69) is 15.4 Å². The monoisotopic (exact) mass is 266 g/mol. The highest BCUT2D eigenvalue weighted by molar-refractivity contribution is 5.89. The lowest BCUT2D eigenvalue weighted by atomic mass is 10.3. The molecule has 0 spiro atoms. The van der Waals surface area contributed by atoms with Crippen molar-refractivity contribution in [3.63, 3.8) is 0 Å². The third-order valence-electron chi connectivity index (χ3n) is 3.11. The first kappa shape index (κ1) is 13.5. The first-order chi connectivity index (χ1) is 9.17. The average molecular weight is 266 g/mol. The van der Waals surface area contributed by atoms with E-state index >= 15 is 0 Å². The van der Waals surface area contributed by atoms with Gasteiger partial charge in [-0.25, -0.2) is 0 Å². The molecule has 0 bridgehead atoms. The molecule has 2 heterocycles. The first-order valence-corrected chi connectivity index (χ1v) is 6.32. The molecule has 1 N–H and O–H groups in total. The van der Waals surface area contributed by atoms with Gasteiger partial charge < -0.3 is 14.7 Å². The molecule has 2 rings (SSSR count). The van der Waals surface area contributed by atoms with Gasteiger partial charge in [0.25, 0.3) is 0 Å². The fraction of sp³-hybridized carbons (Fsp3) is 0.583. The highest BCUT2D eigenvalue weighted by Gasteiger charge is 2.16. The molecular formula is C12H18N4O3. The van der Waals surface area contributed by atoms with Gasteiger partial charge in [0.15, 0.2) is 5.82 Å². The number of aromatic nitrogens is 1. The van der Waals surface area contributed by atoms with Crippen LogP contribution in [0.3, 0.4) is 0 Å². The Morgan fingerprint density at radius 2 is 2.21 bits per heavy atom. The van der Waals surface area contributed by atoms with Crippen molar-refractivity contribution in [2.24, 2.45) is 0 Å². The van der Waals surface area contributed by atoms with Gasteiger partial charge in [0.1, 0.15) is 5.76 Å². The summed E-state index contributed by atoms with van der Waals surface area (Å²) in [5.74, 6) is 1.04. The Kier molecular flexibility index (Phi) is 4.51. The van der Waals surface area contributed by atoms with Crippen LogP contribution in [0.2, 0.25) is 0 Å². The van der Waals surface area contributed by atoms with Gasteiger partial charge in [0.2, 0.25) is 12.3 Å². The normalized spacial score (nSPS) is 16.4. The van der Waals surface area contributed by atoms with Crippen LogP contribution >= 0.6 is 0 Å². The second-order valence-corrected chi connectivity index (χ2v) is 4.60. The summed E-state index contributed by atoms with van der Waals surface area (Å²) in [5, 5.41) is 6.39. The fourth-order valence-electron chi connectivity index (χ4n) is 1.98. The van der Waals surface area contributed by atoms with E-state index in [0.717, 1.165) is 32.6 Å². The summed E-state index contributed by atoms with van der Waals surface area (Å²) in [6.07, 6.45) is 1.28. The molecule has 0 aromatic carbocycles. The molecule has 1 aliphatic rings. The van der Waals surface area contributed by atoms with Gasteiger partial charge >= 0.3 is 0 Å². The number of hydrogen-bond acceptors (Lipinski definition) is 5. The van der Waals surface area contributed by atoms with Crippen LogP contribution in [-0.2, 0) is 9.59 Å². The fourth-order valence-corrected chi connectivity index (χ4v) is 1.98. The molecule has 2 amide bonds. The molecule has 0 aliphatic carbocycles. The maximum Gasteiger partial charge on any atom is 0.226 e. The number of anilines is 1. The number of nitrogens with one attached hydrogen (secondary N) is 1. The van der Waals surface area contributed by atoms with Crippen LogP contribution in [0.15, 0.2) is 10.6 Å². The molecule has 0 radical (unpaired) electrons. The van der Waals surface area contributed by atoms with Crippen LogP contribution in [0, 0.1) is 6.92 Å². The largest absolute Gasteiger partial charge is 0.360 e. The molecule has 1 saturated heterocycles. The third kappa shape index (κ3) is 4.06. The molecule has 1 aromatic heterocycles. The molecule has 0 atom stereocenters. The van der Waals surface area contributed by atoms with Gasteiger partial charge in [-0.1, -0.05) is 5.16 Å². The zero-order valence-electron chi connectivity index (χ0n) is 11.0. The number of piperazine rings is 1. The van der Waals surface area contributed by atoms with E-state index in [1.165, 1.54) is 0 Å². The Hall–Kier alpha value is -1.89. The summed E-state index contributed by atoms with van der Waals surface area (Å²) in [5.41, 5.74) is 0. The van der Waals surface area contributed by atoms with Crippen LogP contribution in [0.1, 0.15) is 12.2 Å². The molecule has 7 nitrogen and oxygen atoms in total. The first-order valence-electron chi connectivity index (χ1n) is 6.32. The van der Waals surface area contributed by atoms with Gasteiger partial charge in [0, 0.05) is 45.2 Å². The quantitative estimate of drug-likeness (QED) is 0.764. The molecule has 7 heteroatoms. The van der Waals surface area contributed by atoms with E-state index in [1.54, 1.807) is 17.9 Å². The van der Waals surface area contributed by atoms with Gasteiger partial charge in [0.05, 0.1) is 0 Å². The van der Waals surface area contributed by atoms with Crippen LogP contribution < -0.4 is 5.32 Å². The second-order valence-electron chi connectivity index (χ2n) is 4.60. The van der Waals surface area contributed by atoms with Gasteiger partial charge in [-0.15, -0.1) is 0 Å². The zero-order valence-corrected chi connectivity index (χ0v) is 11.0. The Balaban J connectivity index is 1.68. The number of amides is 2. The molecule has 19 heavy (non-hydrogen) atoms. The lowest BCUT2D eigenvalue weighted by Crippen LogP contribution is -2.46. The molecule has 104 valence electrons. The minimum absolute atomic E-state index is 0.0777. The summed E-state index contributed by atoms with van der Waals surface area (Å²) in [6, 6.07) is 1.68. The highest BCUT2D eigenvalue weighted by atomic mass is 16.5. The summed E-state index contributed by atoms with van der Waals surface area (Å²) in [4.78, 5) is 26.2. The predicted molar refractivity (Wildman–Crippen MR) is 68.6 cm³/mol. The number of hydrogen-bond donors (Lipinski definition) is 1. The van der Waals surface area contributed by atoms with E-state index in [9.17, 15) is 9.59 Å². The van der Waals surface area contributed by atoms with Gasteiger partial charge in [-0.3, -0.25) is 14.5 Å². The minimum atomic E-state index is -0.0777. The van der Waals surface area contributed by atoms with Crippen LogP contribution in [0.5, 0.6) is 0 Å². The Labute approximate surface area is 111 Å². The molecule has 1 fully saturated rings. The van der Waals surface area contributed by atoms with Crippen molar-refractivity contribution in [1.82, 2.24) is 15.0 Å². The van der Waals surface area contributed by atoms with E-state index in [1.807, 2.05) is 0 Å². The third-order valence-corrected chi connectivity index (χ3v) is 3.11. The van der Waals surface area contributed by atoms with Crippen LogP contribution in [0.4, 0.5) is 5.82 Å². The number of nitrogens with zero attached hydrogens (tertiary/aromatic N) is 3. The molecule has 1 aromatic rings. The highest BCUT2D eigenvalue weighted by Crippen LogP contribution is 2.07. The Morgan fingerprint density at radius 3 is 2.79 bits per heavy atom. The van der Waals surface area contributed by atoms with Crippen molar-refractivity contribution in [3.8, 4) is 0 Å². The van der Waals surface area contributed by atoms with Crippen molar-refractivity contribution in [2.75, 3.05) is 38.0 Å². The maximum absolute atomic E-state index is 11.7. The maximum atomic E-state index is 11.7. The zero-order chi connectivity index (χ0) is 13.7. The summed E-state index contributed by atoms with van der Waals surface area (Å²) >= 11 is 0. The predicted octanol–water partition coefficient (Wildman–Crippen LogP) is 0.0856. The lowest BCUT2D eigenvalue weighted by molar-refractivity contribution is -0.120. The molecule has 1 aliphatic heterocycles. The van der Waals surface area contributed by atoms with Crippen molar-refractivity contribution in [1.29, 1.82) is 0 Å². The van der Waals surface area contributed by atoms with E-state index in [-0.39, 0.29) is 5.91 Å². The standard InChI is InChI=1S/C12H18N4O3/c1-10-8-11(14-19-10)13-12(18)2-3-15-4-6-16(9-17)7-5-15/h8-9H,2-7H2,1H3,(H,13,14,18). The summed E-state index contributed by atoms with van der Waals surface area (Å²) in [7, 11) is 0. The average Bonchev–Trinajstić information content (AvgIpc) is 2.82. The summed E-state index contributed by atoms with van der Waals surface area (Å²) in [6.45, 7) is 5.55. The number of aryl methyl sites for hydroxylation is 1. The van der Waals surface area contributed by atoms with Gasteiger partial charge in [-0.05, 0) is 6.92 Å². The van der Waals surface area contributed by atoms with E-state index in [4.69, 9.17) is 4.52 Å². The van der Waals surface area contributed by atoms with Crippen LogP contribution in [-0.4, -0.2) is 60.0 Å². The Bertz CT molecular complexity index is 438. The SMILES string of the molecule is Cc1cc(NC(=O)CCN2CCN(C=O)CC2)no1. The van der Waals surface area contributed by atoms with E-state index < -0.39 is 0 Å². The van der Waals surface area contributed by atoms with Gasteiger partial charge in [-0.2, -0.15) is 0 Å². The Morgan fingerprint density at radius 1 is 1.47 bits per heavy atom. The van der Waals surface area contributed by atoms with Crippen molar-refractivity contribution < 1.29 is 14.1 Å². The number of carbonyl (C=O) groups excluding carboxylic acids is 2. The minimum Gasteiger partial charge on any atom is -0.360 e. The number of carbonyl (C=O) groups is 2. The van der Waals surface area contributed by atoms with Crippen molar-refractivity contribution in [2.45, 2.75) is 13.3 Å². The molecule has 0 saturated carbocycles. The number of rotatable bonds is 5. The topological polar surface area (TPSA) is 78.7 Å². The molecule has 0 unspecified atom stereocenters. The summed E-state index contributed by atoms with van der Waals surface area (Å²) < 4.78 is 4.87.